The number of halogens is 3. The van der Waals surface area contributed by atoms with Crippen molar-refractivity contribution in [1.29, 1.82) is 0 Å². The van der Waals surface area contributed by atoms with Gasteiger partial charge in [-0.2, -0.15) is 13.2 Å². The van der Waals surface area contributed by atoms with Crippen molar-refractivity contribution in [3.05, 3.63) is 0 Å². The molecule has 5 heteroatoms. The summed E-state index contributed by atoms with van der Waals surface area (Å²) in [5.41, 5.74) is 1.56. The Hall–Kier alpha value is 0.100. The summed E-state index contributed by atoms with van der Waals surface area (Å²) in [6, 6.07) is 0.0684. The van der Waals surface area contributed by atoms with Gasteiger partial charge in [-0.05, 0) is 19.3 Å². The SMILES string of the molecule is CCCC(N)CCCSC(F)(F)F. The monoisotopic (exact) mass is 215 g/mol. The van der Waals surface area contributed by atoms with Gasteiger partial charge in [-0.1, -0.05) is 25.1 Å². The number of nitrogens with two attached hydrogens (primary N) is 1. The summed E-state index contributed by atoms with van der Waals surface area (Å²) in [5, 5.41) is 0. The molecule has 0 fully saturated rings. The van der Waals surface area contributed by atoms with Crippen LogP contribution in [0.3, 0.4) is 0 Å². The van der Waals surface area contributed by atoms with Crippen LogP contribution in [0.5, 0.6) is 0 Å². The lowest BCUT2D eigenvalue weighted by atomic mass is 10.1. The molecule has 13 heavy (non-hydrogen) atoms. The van der Waals surface area contributed by atoms with E-state index in [0.717, 1.165) is 12.8 Å². The summed E-state index contributed by atoms with van der Waals surface area (Å²) in [6.45, 7) is 2.02. The van der Waals surface area contributed by atoms with Gasteiger partial charge in [-0.15, -0.1) is 0 Å². The summed E-state index contributed by atoms with van der Waals surface area (Å²) in [7, 11) is 0. The fourth-order valence-electron chi connectivity index (χ4n) is 1.05. The van der Waals surface area contributed by atoms with Crippen LogP contribution in [0.2, 0.25) is 0 Å². The van der Waals surface area contributed by atoms with Crippen LogP contribution >= 0.6 is 11.8 Å². The van der Waals surface area contributed by atoms with E-state index >= 15 is 0 Å². The Morgan fingerprint density at radius 2 is 1.92 bits per heavy atom. The van der Waals surface area contributed by atoms with Gasteiger partial charge in [0.1, 0.15) is 0 Å². The van der Waals surface area contributed by atoms with Gasteiger partial charge in [0.15, 0.2) is 0 Å². The van der Waals surface area contributed by atoms with Gasteiger partial charge in [0.05, 0.1) is 0 Å². The van der Waals surface area contributed by atoms with Gasteiger partial charge in [0, 0.05) is 11.8 Å². The van der Waals surface area contributed by atoms with Crippen LogP contribution in [-0.4, -0.2) is 17.3 Å². The standard InChI is InChI=1S/C8H16F3NS/c1-2-4-7(12)5-3-6-13-8(9,10)11/h7H,2-6,12H2,1H3. The van der Waals surface area contributed by atoms with E-state index in [1.807, 2.05) is 6.92 Å². The Kier molecular flexibility index (Phi) is 6.59. The Labute approximate surface area is 81.3 Å². The van der Waals surface area contributed by atoms with Crippen molar-refractivity contribution in [2.75, 3.05) is 5.75 Å². The van der Waals surface area contributed by atoms with Crippen LogP contribution in [0, 0.1) is 0 Å². The highest BCUT2D eigenvalue weighted by molar-refractivity contribution is 8.00. The molecule has 0 aromatic rings. The third-order valence-electron chi connectivity index (χ3n) is 1.64. The maximum absolute atomic E-state index is 11.7. The average Bonchev–Trinajstić information content (AvgIpc) is 1.97. The van der Waals surface area contributed by atoms with Crippen molar-refractivity contribution < 1.29 is 13.2 Å². The van der Waals surface area contributed by atoms with Crippen LogP contribution in [0.4, 0.5) is 13.2 Å². The van der Waals surface area contributed by atoms with E-state index < -0.39 is 5.51 Å². The fraction of sp³-hybridized carbons (Fsp3) is 1.00. The fourth-order valence-corrected chi connectivity index (χ4v) is 1.59. The minimum Gasteiger partial charge on any atom is -0.328 e. The van der Waals surface area contributed by atoms with Gasteiger partial charge in [0.25, 0.3) is 0 Å². The lowest BCUT2D eigenvalue weighted by Crippen LogP contribution is -2.19. The highest BCUT2D eigenvalue weighted by atomic mass is 32.2. The molecule has 0 aromatic heterocycles. The third-order valence-corrected chi connectivity index (χ3v) is 2.46. The predicted molar refractivity (Wildman–Crippen MR) is 50.6 cm³/mol. The maximum Gasteiger partial charge on any atom is 0.441 e. The molecule has 0 aromatic carbocycles. The molecule has 1 unspecified atom stereocenters. The molecule has 0 amide bonds. The molecule has 0 radical (unpaired) electrons. The molecule has 0 heterocycles. The Bertz CT molecular complexity index is 127. The van der Waals surface area contributed by atoms with Crippen LogP contribution in [0.25, 0.3) is 0 Å². The molecular weight excluding hydrogens is 199 g/mol. The van der Waals surface area contributed by atoms with Crippen molar-refractivity contribution in [3.63, 3.8) is 0 Å². The molecule has 0 spiro atoms. The Morgan fingerprint density at radius 3 is 2.38 bits per heavy atom. The summed E-state index contributed by atoms with van der Waals surface area (Å²) in [4.78, 5) is 0. The van der Waals surface area contributed by atoms with E-state index in [2.05, 4.69) is 0 Å². The van der Waals surface area contributed by atoms with Crippen molar-refractivity contribution >= 4 is 11.8 Å². The molecule has 0 aliphatic heterocycles. The molecule has 1 nitrogen and oxygen atoms in total. The van der Waals surface area contributed by atoms with E-state index in [1.54, 1.807) is 0 Å². The van der Waals surface area contributed by atoms with E-state index in [-0.39, 0.29) is 23.6 Å². The second kappa shape index (κ2) is 6.54. The van der Waals surface area contributed by atoms with Gasteiger partial charge in [-0.3, -0.25) is 0 Å². The molecular formula is C8H16F3NS. The molecule has 80 valence electrons. The van der Waals surface area contributed by atoms with Crippen LogP contribution < -0.4 is 5.73 Å². The molecule has 0 saturated carbocycles. The van der Waals surface area contributed by atoms with Crippen molar-refractivity contribution in [2.24, 2.45) is 5.73 Å². The largest absolute Gasteiger partial charge is 0.441 e. The first-order valence-electron chi connectivity index (χ1n) is 4.42. The number of alkyl halides is 3. The average molecular weight is 215 g/mol. The zero-order valence-corrected chi connectivity index (χ0v) is 8.55. The number of rotatable bonds is 6. The van der Waals surface area contributed by atoms with Gasteiger partial charge < -0.3 is 5.73 Å². The van der Waals surface area contributed by atoms with Gasteiger partial charge in [-0.25, -0.2) is 0 Å². The van der Waals surface area contributed by atoms with Crippen LogP contribution in [-0.2, 0) is 0 Å². The third kappa shape index (κ3) is 10.0. The van der Waals surface area contributed by atoms with Crippen LogP contribution in [0.15, 0.2) is 0 Å². The minimum absolute atomic E-state index is 0.0381. The lowest BCUT2D eigenvalue weighted by Gasteiger charge is -2.10. The first-order valence-corrected chi connectivity index (χ1v) is 5.40. The molecule has 2 N–H and O–H groups in total. The second-order valence-electron chi connectivity index (χ2n) is 2.99. The highest BCUT2D eigenvalue weighted by Gasteiger charge is 2.27. The quantitative estimate of drug-likeness (QED) is 0.689. The Morgan fingerprint density at radius 1 is 1.31 bits per heavy atom. The van der Waals surface area contributed by atoms with Crippen molar-refractivity contribution in [3.8, 4) is 0 Å². The molecule has 0 rings (SSSR count). The minimum atomic E-state index is -4.09. The lowest BCUT2D eigenvalue weighted by molar-refractivity contribution is -0.0328. The molecule has 1 atom stereocenters. The van der Waals surface area contributed by atoms with Gasteiger partial charge in [0.2, 0.25) is 0 Å². The van der Waals surface area contributed by atoms with E-state index in [1.165, 1.54) is 0 Å². The molecule has 0 aliphatic carbocycles. The number of hydrogen-bond acceptors (Lipinski definition) is 2. The summed E-state index contributed by atoms with van der Waals surface area (Å²) in [6.07, 6.45) is 3.13. The smallest absolute Gasteiger partial charge is 0.328 e. The molecule has 0 aliphatic rings. The highest BCUT2D eigenvalue weighted by Crippen LogP contribution is 2.30. The normalized spacial score (nSPS) is 14.5. The zero-order chi connectivity index (χ0) is 10.3. The van der Waals surface area contributed by atoms with E-state index in [0.29, 0.717) is 12.8 Å². The Balaban J connectivity index is 3.25. The maximum atomic E-state index is 11.7. The number of hydrogen-bond donors (Lipinski definition) is 1. The van der Waals surface area contributed by atoms with E-state index in [4.69, 9.17) is 5.73 Å². The van der Waals surface area contributed by atoms with Crippen molar-refractivity contribution in [2.45, 2.75) is 44.2 Å². The zero-order valence-electron chi connectivity index (χ0n) is 7.73. The van der Waals surface area contributed by atoms with Crippen LogP contribution in [0.1, 0.15) is 32.6 Å². The number of thioether (sulfide) groups is 1. The second-order valence-corrected chi connectivity index (χ2v) is 4.15. The first kappa shape index (κ1) is 13.1. The van der Waals surface area contributed by atoms with E-state index in [9.17, 15) is 13.2 Å². The molecule has 0 saturated heterocycles. The van der Waals surface area contributed by atoms with Crippen molar-refractivity contribution in [1.82, 2.24) is 0 Å². The summed E-state index contributed by atoms with van der Waals surface area (Å²) < 4.78 is 35.0. The predicted octanol–water partition coefficient (Wildman–Crippen LogP) is 3.15. The topological polar surface area (TPSA) is 26.0 Å². The summed E-state index contributed by atoms with van der Waals surface area (Å²) >= 11 is 0.0381. The first-order chi connectivity index (χ1) is 5.95. The molecule has 0 bridgehead atoms. The summed E-state index contributed by atoms with van der Waals surface area (Å²) in [5.74, 6) is 0.126. The van der Waals surface area contributed by atoms with Gasteiger partial charge >= 0.3 is 5.51 Å².